The summed E-state index contributed by atoms with van der Waals surface area (Å²) in [7, 11) is 0. The predicted octanol–water partition coefficient (Wildman–Crippen LogP) is 6.88. The van der Waals surface area contributed by atoms with E-state index in [1.807, 2.05) is 73.7 Å². The van der Waals surface area contributed by atoms with Gasteiger partial charge in [-0.15, -0.1) is 10.2 Å². The molecule has 38 heavy (non-hydrogen) atoms. The predicted molar refractivity (Wildman–Crippen MR) is 154 cm³/mol. The molecule has 6 nitrogen and oxygen atoms in total. The van der Waals surface area contributed by atoms with Crippen LogP contribution in [-0.2, 0) is 12.3 Å². The number of carbonyl (C=O) groups excluding carboxylic acids is 1. The molecule has 0 unspecified atom stereocenters. The molecule has 4 aromatic carbocycles. The maximum atomic E-state index is 12.6. The van der Waals surface area contributed by atoms with Gasteiger partial charge < -0.3 is 9.88 Å². The van der Waals surface area contributed by atoms with Crippen LogP contribution in [0.3, 0.4) is 0 Å². The van der Waals surface area contributed by atoms with Crippen LogP contribution in [0.1, 0.15) is 27.0 Å². The van der Waals surface area contributed by atoms with E-state index in [2.05, 4.69) is 56.5 Å². The largest absolute Gasteiger partial charge is 0.322 e. The Balaban J connectivity index is 1.20. The molecule has 1 N–H and O–H groups in total. The summed E-state index contributed by atoms with van der Waals surface area (Å²) >= 11 is 1.53. The summed E-state index contributed by atoms with van der Waals surface area (Å²) in [5.41, 5.74) is 7.52. The Bertz CT molecular complexity index is 1750. The smallest absolute Gasteiger partial charge is 0.255 e. The molecular weight excluding hydrogens is 490 g/mol. The molecule has 0 saturated carbocycles. The highest BCUT2D eigenvalue weighted by atomic mass is 32.2. The van der Waals surface area contributed by atoms with Crippen molar-refractivity contribution in [3.8, 4) is 0 Å². The van der Waals surface area contributed by atoms with Crippen molar-refractivity contribution in [3.63, 3.8) is 0 Å². The van der Waals surface area contributed by atoms with Crippen LogP contribution in [-0.4, -0.2) is 25.7 Å². The molecule has 1 amide bonds. The van der Waals surface area contributed by atoms with Gasteiger partial charge in [-0.1, -0.05) is 84.6 Å². The van der Waals surface area contributed by atoms with Gasteiger partial charge in [-0.05, 0) is 53.9 Å². The molecular formula is C31H25N5OS. The summed E-state index contributed by atoms with van der Waals surface area (Å²) in [5, 5.41) is 13.6. The summed E-state index contributed by atoms with van der Waals surface area (Å²) in [6, 6.07) is 34.0. The highest BCUT2D eigenvalue weighted by molar-refractivity contribution is 7.98. The number of thioether (sulfide) groups is 1. The van der Waals surface area contributed by atoms with Crippen LogP contribution < -0.4 is 5.32 Å². The van der Waals surface area contributed by atoms with Crippen molar-refractivity contribution in [2.24, 2.45) is 0 Å². The maximum absolute atomic E-state index is 12.6. The molecule has 0 spiro atoms. The summed E-state index contributed by atoms with van der Waals surface area (Å²) < 4.78 is 2.21. The number of hydrogen-bond donors (Lipinski definition) is 1. The minimum Gasteiger partial charge on any atom is -0.322 e. The van der Waals surface area contributed by atoms with Crippen LogP contribution in [0.5, 0.6) is 0 Å². The monoisotopic (exact) mass is 515 g/mol. The lowest BCUT2D eigenvalue weighted by Gasteiger charge is -2.08. The van der Waals surface area contributed by atoms with Crippen molar-refractivity contribution >= 4 is 45.4 Å². The van der Waals surface area contributed by atoms with Gasteiger partial charge in [0, 0.05) is 28.9 Å². The van der Waals surface area contributed by atoms with Crippen molar-refractivity contribution in [3.05, 3.63) is 125 Å². The third-order valence-electron chi connectivity index (χ3n) is 6.40. The zero-order valence-corrected chi connectivity index (χ0v) is 21.7. The van der Waals surface area contributed by atoms with Crippen molar-refractivity contribution in [2.45, 2.75) is 24.4 Å². The number of benzene rings is 4. The first-order chi connectivity index (χ1) is 18.6. The molecule has 2 aromatic heterocycles. The number of anilines is 1. The molecule has 0 saturated heterocycles. The van der Waals surface area contributed by atoms with E-state index in [0.29, 0.717) is 23.0 Å². The van der Waals surface area contributed by atoms with Gasteiger partial charge in [0.2, 0.25) is 5.16 Å². The van der Waals surface area contributed by atoms with Crippen molar-refractivity contribution in [1.82, 2.24) is 19.7 Å². The molecule has 0 fully saturated rings. The molecule has 0 aliphatic carbocycles. The SMILES string of the molecule is Cc1cccc(NC(=O)c2ccc(CSc3nnc4c5ccccc5n(Cc5ccccc5)c4n3)cc2)c1. The van der Waals surface area contributed by atoms with Crippen LogP contribution in [0.25, 0.3) is 22.1 Å². The first kappa shape index (κ1) is 23.9. The van der Waals surface area contributed by atoms with Gasteiger partial charge in [0.05, 0.1) is 5.52 Å². The minimum absolute atomic E-state index is 0.126. The second kappa shape index (κ2) is 10.5. The van der Waals surface area contributed by atoms with Crippen LogP contribution >= 0.6 is 11.8 Å². The lowest BCUT2D eigenvalue weighted by molar-refractivity contribution is 0.102. The quantitative estimate of drug-likeness (QED) is 0.235. The third kappa shape index (κ3) is 5.01. The Hall–Kier alpha value is -4.49. The average molecular weight is 516 g/mol. The van der Waals surface area contributed by atoms with Crippen LogP contribution in [0.2, 0.25) is 0 Å². The van der Waals surface area contributed by atoms with Crippen LogP contribution in [0.15, 0.2) is 108 Å². The minimum atomic E-state index is -0.126. The van der Waals surface area contributed by atoms with Crippen molar-refractivity contribution < 1.29 is 4.79 Å². The van der Waals surface area contributed by atoms with Gasteiger partial charge in [-0.25, -0.2) is 4.98 Å². The first-order valence-corrected chi connectivity index (χ1v) is 13.4. The summed E-state index contributed by atoms with van der Waals surface area (Å²) in [5.74, 6) is 0.547. The number of para-hydroxylation sites is 1. The van der Waals surface area contributed by atoms with E-state index in [1.165, 1.54) is 17.3 Å². The average Bonchev–Trinajstić information content (AvgIpc) is 3.25. The highest BCUT2D eigenvalue weighted by Crippen LogP contribution is 2.29. The zero-order chi connectivity index (χ0) is 25.9. The van der Waals surface area contributed by atoms with Gasteiger partial charge in [0.25, 0.3) is 5.91 Å². The molecule has 7 heteroatoms. The van der Waals surface area contributed by atoms with Gasteiger partial charge in [-0.2, -0.15) is 0 Å². The van der Waals surface area contributed by atoms with E-state index in [4.69, 9.17) is 4.98 Å². The van der Waals surface area contributed by atoms with E-state index in [9.17, 15) is 4.79 Å². The fourth-order valence-corrected chi connectivity index (χ4v) is 5.24. The number of rotatable bonds is 7. The molecule has 2 heterocycles. The fourth-order valence-electron chi connectivity index (χ4n) is 4.50. The Kier molecular flexibility index (Phi) is 6.58. The highest BCUT2D eigenvalue weighted by Gasteiger charge is 2.15. The Labute approximate surface area is 224 Å². The summed E-state index contributed by atoms with van der Waals surface area (Å²) in [4.78, 5) is 17.5. The lowest BCUT2D eigenvalue weighted by Crippen LogP contribution is -2.11. The standard InChI is InChI=1S/C31H25N5OS/c1-21-8-7-11-25(18-21)32-30(37)24-16-14-23(15-17-24)20-38-31-33-29-28(34-35-31)26-12-5-6-13-27(26)36(29)19-22-9-3-2-4-10-22/h2-18H,19-20H2,1H3,(H,32,37). The van der Waals surface area contributed by atoms with E-state index < -0.39 is 0 Å². The normalized spacial score (nSPS) is 11.2. The van der Waals surface area contributed by atoms with E-state index in [0.717, 1.165) is 38.9 Å². The molecule has 0 aliphatic rings. The van der Waals surface area contributed by atoms with Gasteiger partial charge in [-0.3, -0.25) is 4.79 Å². The van der Waals surface area contributed by atoms with E-state index in [-0.39, 0.29) is 5.91 Å². The summed E-state index contributed by atoms with van der Waals surface area (Å²) in [6.07, 6.45) is 0. The fraction of sp³-hybridized carbons (Fsp3) is 0.0968. The van der Waals surface area contributed by atoms with Crippen LogP contribution in [0.4, 0.5) is 5.69 Å². The van der Waals surface area contributed by atoms with Crippen LogP contribution in [0, 0.1) is 6.92 Å². The second-order valence-corrected chi connectivity index (χ2v) is 10.1. The lowest BCUT2D eigenvalue weighted by atomic mass is 10.1. The number of aryl methyl sites for hydroxylation is 1. The first-order valence-electron chi connectivity index (χ1n) is 12.4. The molecule has 6 rings (SSSR count). The maximum Gasteiger partial charge on any atom is 0.255 e. The Morgan fingerprint density at radius 3 is 2.45 bits per heavy atom. The number of aromatic nitrogens is 4. The van der Waals surface area contributed by atoms with Gasteiger partial charge >= 0.3 is 0 Å². The van der Waals surface area contributed by atoms with Gasteiger partial charge in [0.1, 0.15) is 5.52 Å². The summed E-state index contributed by atoms with van der Waals surface area (Å²) in [6.45, 7) is 2.71. The molecule has 186 valence electrons. The molecule has 0 atom stereocenters. The number of carbonyl (C=O) groups is 1. The molecule has 6 aromatic rings. The Morgan fingerprint density at radius 1 is 0.842 bits per heavy atom. The number of nitrogens with one attached hydrogen (secondary N) is 1. The molecule has 0 radical (unpaired) electrons. The van der Waals surface area contributed by atoms with E-state index >= 15 is 0 Å². The number of amides is 1. The topological polar surface area (TPSA) is 72.7 Å². The van der Waals surface area contributed by atoms with Gasteiger partial charge in [0.15, 0.2) is 5.65 Å². The Morgan fingerprint density at radius 2 is 1.63 bits per heavy atom. The molecule has 0 aliphatic heterocycles. The third-order valence-corrected chi connectivity index (χ3v) is 7.31. The van der Waals surface area contributed by atoms with Crippen molar-refractivity contribution in [2.75, 3.05) is 5.32 Å². The number of hydrogen-bond acceptors (Lipinski definition) is 5. The second-order valence-electron chi connectivity index (χ2n) is 9.16. The number of fused-ring (bicyclic) bond motifs is 3. The molecule has 0 bridgehead atoms. The number of nitrogens with zero attached hydrogens (tertiary/aromatic N) is 4. The van der Waals surface area contributed by atoms with Crippen molar-refractivity contribution in [1.29, 1.82) is 0 Å². The zero-order valence-electron chi connectivity index (χ0n) is 20.8. The van der Waals surface area contributed by atoms with E-state index in [1.54, 1.807) is 0 Å².